The number of para-hydroxylation sites is 1. The lowest BCUT2D eigenvalue weighted by molar-refractivity contribution is -0.115. The fourth-order valence-corrected chi connectivity index (χ4v) is 3.26. The molecule has 2 rings (SSSR count). The first-order valence-corrected chi connectivity index (χ1v) is 8.62. The first kappa shape index (κ1) is 18.0. The number of thiophene rings is 1. The molecule has 0 aliphatic rings. The van der Waals surface area contributed by atoms with Crippen LogP contribution in [0.1, 0.15) is 34.6 Å². The molecule has 1 N–H and O–H groups in total. The Labute approximate surface area is 145 Å². The van der Waals surface area contributed by atoms with Crippen molar-refractivity contribution in [2.24, 2.45) is 0 Å². The maximum atomic E-state index is 12.4. The summed E-state index contributed by atoms with van der Waals surface area (Å²) in [5, 5.41) is 3.36. The lowest BCUT2D eigenvalue weighted by Crippen LogP contribution is -2.16. The molecule has 2 aromatic rings. The second-order valence-corrected chi connectivity index (χ2v) is 6.20. The normalized spacial score (nSPS) is 10.3. The molecule has 0 atom stereocenters. The summed E-state index contributed by atoms with van der Waals surface area (Å²) in [6.45, 7) is 4.05. The average molecular weight is 347 g/mol. The van der Waals surface area contributed by atoms with Crippen LogP contribution in [0.2, 0.25) is 0 Å². The predicted octanol–water partition coefficient (Wildman–Crippen LogP) is 3.68. The van der Waals surface area contributed by atoms with Crippen molar-refractivity contribution in [1.29, 1.82) is 0 Å². The molecule has 1 amide bonds. The van der Waals surface area contributed by atoms with Crippen LogP contribution in [0.5, 0.6) is 5.75 Å². The summed E-state index contributed by atoms with van der Waals surface area (Å²) in [4.78, 5) is 25.4. The molecule has 0 spiro atoms. The van der Waals surface area contributed by atoms with Gasteiger partial charge < -0.3 is 14.8 Å². The topological polar surface area (TPSA) is 64.6 Å². The van der Waals surface area contributed by atoms with Crippen LogP contribution in [-0.4, -0.2) is 25.6 Å². The van der Waals surface area contributed by atoms with Crippen LogP contribution in [0.4, 0.5) is 5.00 Å². The number of carbonyl (C=O) groups is 2. The van der Waals surface area contributed by atoms with Crippen molar-refractivity contribution in [3.8, 4) is 5.75 Å². The van der Waals surface area contributed by atoms with Gasteiger partial charge in [0.1, 0.15) is 10.8 Å². The summed E-state index contributed by atoms with van der Waals surface area (Å²) in [6, 6.07) is 9.15. The highest BCUT2D eigenvalue weighted by Gasteiger charge is 2.19. The van der Waals surface area contributed by atoms with Gasteiger partial charge in [-0.05, 0) is 25.5 Å². The van der Waals surface area contributed by atoms with Crippen LogP contribution in [0.3, 0.4) is 0 Å². The van der Waals surface area contributed by atoms with Gasteiger partial charge in [-0.15, -0.1) is 11.3 Å². The Kier molecular flexibility index (Phi) is 6.37. The van der Waals surface area contributed by atoms with Gasteiger partial charge in [-0.1, -0.05) is 25.1 Å². The van der Waals surface area contributed by atoms with Crippen LogP contribution >= 0.6 is 11.3 Å². The van der Waals surface area contributed by atoms with Crippen molar-refractivity contribution < 1.29 is 19.1 Å². The van der Waals surface area contributed by atoms with Crippen molar-refractivity contribution in [2.75, 3.05) is 19.0 Å². The predicted molar refractivity (Wildman–Crippen MR) is 95.0 cm³/mol. The minimum Gasteiger partial charge on any atom is -0.496 e. The molecule has 0 saturated carbocycles. The highest BCUT2D eigenvalue weighted by Crippen LogP contribution is 2.29. The zero-order chi connectivity index (χ0) is 17.5. The molecule has 0 bridgehead atoms. The van der Waals surface area contributed by atoms with Gasteiger partial charge in [0.05, 0.1) is 25.7 Å². The third kappa shape index (κ3) is 4.35. The van der Waals surface area contributed by atoms with Crippen LogP contribution in [0, 0.1) is 0 Å². The Bertz CT molecular complexity index is 724. The first-order valence-electron chi connectivity index (χ1n) is 7.80. The summed E-state index contributed by atoms with van der Waals surface area (Å²) in [5.74, 6) is 0.0503. The van der Waals surface area contributed by atoms with Crippen molar-refractivity contribution in [3.63, 3.8) is 0 Å². The van der Waals surface area contributed by atoms with Crippen molar-refractivity contribution in [3.05, 3.63) is 46.3 Å². The van der Waals surface area contributed by atoms with E-state index in [1.54, 1.807) is 20.1 Å². The molecule has 0 radical (unpaired) electrons. The van der Waals surface area contributed by atoms with E-state index in [1.165, 1.54) is 11.3 Å². The lowest BCUT2D eigenvalue weighted by atomic mass is 10.1. The van der Waals surface area contributed by atoms with Crippen molar-refractivity contribution in [2.45, 2.75) is 26.7 Å². The van der Waals surface area contributed by atoms with Crippen LogP contribution in [0.15, 0.2) is 30.3 Å². The van der Waals surface area contributed by atoms with Crippen LogP contribution in [-0.2, 0) is 22.4 Å². The smallest absolute Gasteiger partial charge is 0.341 e. The number of nitrogens with one attached hydrogen (secondary N) is 1. The van der Waals surface area contributed by atoms with E-state index in [4.69, 9.17) is 9.47 Å². The molecule has 1 aromatic carbocycles. The molecule has 0 aliphatic carbocycles. The number of esters is 1. The molecule has 1 aromatic heterocycles. The van der Waals surface area contributed by atoms with E-state index in [2.05, 4.69) is 5.32 Å². The Morgan fingerprint density at radius 3 is 2.62 bits per heavy atom. The van der Waals surface area contributed by atoms with Crippen LogP contribution < -0.4 is 10.1 Å². The van der Waals surface area contributed by atoms with E-state index in [0.717, 1.165) is 16.9 Å². The highest BCUT2D eigenvalue weighted by molar-refractivity contribution is 7.16. The van der Waals surface area contributed by atoms with E-state index >= 15 is 0 Å². The quantitative estimate of drug-likeness (QED) is 0.776. The monoisotopic (exact) mass is 347 g/mol. The Morgan fingerprint density at radius 2 is 1.96 bits per heavy atom. The Balaban J connectivity index is 2.16. The molecule has 128 valence electrons. The highest BCUT2D eigenvalue weighted by atomic mass is 32.1. The molecule has 0 aliphatic heterocycles. The second-order valence-electron chi connectivity index (χ2n) is 5.07. The van der Waals surface area contributed by atoms with Crippen molar-refractivity contribution >= 4 is 28.2 Å². The van der Waals surface area contributed by atoms with E-state index < -0.39 is 5.97 Å². The number of hydrogen-bond acceptors (Lipinski definition) is 5. The number of benzene rings is 1. The molecule has 24 heavy (non-hydrogen) atoms. The van der Waals surface area contributed by atoms with Crippen LogP contribution in [0.25, 0.3) is 0 Å². The van der Waals surface area contributed by atoms with E-state index in [0.29, 0.717) is 22.9 Å². The SMILES string of the molecule is CCOC(=O)c1cc(CC)sc1NC(=O)Cc1ccccc1OC. The third-order valence-corrected chi connectivity index (χ3v) is 4.62. The number of methoxy groups -OCH3 is 1. The van der Waals surface area contributed by atoms with Gasteiger partial charge >= 0.3 is 5.97 Å². The first-order chi connectivity index (χ1) is 11.6. The Morgan fingerprint density at radius 1 is 1.21 bits per heavy atom. The van der Waals surface area contributed by atoms with Gasteiger partial charge in [0.25, 0.3) is 0 Å². The fourth-order valence-electron chi connectivity index (χ4n) is 2.26. The molecule has 0 saturated heterocycles. The standard InChI is InChI=1S/C18H21NO4S/c1-4-13-11-14(18(21)23-5-2)17(24-13)19-16(20)10-12-8-6-7-9-15(12)22-3/h6-9,11H,4-5,10H2,1-3H3,(H,19,20). The largest absolute Gasteiger partial charge is 0.496 e. The average Bonchev–Trinajstić information content (AvgIpc) is 2.98. The number of ether oxygens (including phenoxy) is 2. The summed E-state index contributed by atoms with van der Waals surface area (Å²) >= 11 is 1.40. The molecular weight excluding hydrogens is 326 g/mol. The number of hydrogen-bond donors (Lipinski definition) is 1. The molecule has 0 unspecified atom stereocenters. The molecule has 1 heterocycles. The van der Waals surface area contributed by atoms with E-state index in [-0.39, 0.29) is 12.3 Å². The second kappa shape index (κ2) is 8.49. The molecule has 0 fully saturated rings. The van der Waals surface area contributed by atoms with Crippen molar-refractivity contribution in [1.82, 2.24) is 0 Å². The number of amides is 1. The summed E-state index contributed by atoms with van der Waals surface area (Å²) < 4.78 is 10.3. The molecular formula is C18H21NO4S. The third-order valence-electron chi connectivity index (χ3n) is 3.42. The van der Waals surface area contributed by atoms with E-state index in [9.17, 15) is 9.59 Å². The minimum absolute atomic E-state index is 0.172. The van der Waals surface area contributed by atoms with Gasteiger partial charge in [-0.3, -0.25) is 4.79 Å². The maximum absolute atomic E-state index is 12.4. The van der Waals surface area contributed by atoms with Gasteiger partial charge in [0.2, 0.25) is 5.91 Å². The number of anilines is 1. The summed E-state index contributed by atoms with van der Waals surface area (Å²) in [6.07, 6.45) is 0.963. The summed E-state index contributed by atoms with van der Waals surface area (Å²) in [7, 11) is 1.57. The number of rotatable bonds is 7. The maximum Gasteiger partial charge on any atom is 0.341 e. The van der Waals surface area contributed by atoms with Gasteiger partial charge in [0, 0.05) is 10.4 Å². The zero-order valence-corrected chi connectivity index (χ0v) is 14.9. The summed E-state index contributed by atoms with van der Waals surface area (Å²) in [5.41, 5.74) is 1.20. The number of aryl methyl sites for hydroxylation is 1. The number of carbonyl (C=O) groups excluding carboxylic acids is 2. The molecule has 5 nitrogen and oxygen atoms in total. The van der Waals surface area contributed by atoms with E-state index in [1.807, 2.05) is 31.2 Å². The zero-order valence-electron chi connectivity index (χ0n) is 14.0. The van der Waals surface area contributed by atoms with Gasteiger partial charge in [-0.25, -0.2) is 4.79 Å². The molecule has 6 heteroatoms. The fraction of sp³-hybridized carbons (Fsp3) is 0.333. The lowest BCUT2D eigenvalue weighted by Gasteiger charge is -2.09. The van der Waals surface area contributed by atoms with Gasteiger partial charge in [-0.2, -0.15) is 0 Å². The minimum atomic E-state index is -0.416. The Hall–Kier alpha value is -2.34. The van der Waals surface area contributed by atoms with Gasteiger partial charge in [0.15, 0.2) is 0 Å².